The van der Waals surface area contributed by atoms with Crippen molar-refractivity contribution in [2.75, 3.05) is 0 Å². The van der Waals surface area contributed by atoms with Crippen LogP contribution in [-0.2, 0) is 0 Å². The van der Waals surface area contributed by atoms with E-state index in [2.05, 4.69) is 182 Å². The largest absolute Gasteiger partial charge is 0.208 e. The molecular weight excluding hydrogens is 759 g/mol. The fourth-order valence-corrected chi connectivity index (χ4v) is 10.6. The predicted molar refractivity (Wildman–Crippen MR) is 259 cm³/mol. The second-order valence-corrected chi connectivity index (χ2v) is 17.0. The van der Waals surface area contributed by atoms with E-state index in [1.165, 1.54) is 79.6 Å². The quantitative estimate of drug-likeness (QED) is 0.163. The predicted octanol–water partition coefficient (Wildman–Crippen LogP) is 15.8. The summed E-state index contributed by atoms with van der Waals surface area (Å²) < 4.78 is 1.27. The number of hydrogen-bond donors (Lipinski definition) is 0. The molecule has 0 radical (unpaired) electrons. The van der Waals surface area contributed by atoms with Crippen LogP contribution in [0.15, 0.2) is 200 Å². The fraction of sp³-hybridized carbons (Fsp3) is 0. The second-order valence-electron chi connectivity index (χ2n) is 15.9. The summed E-state index contributed by atoms with van der Waals surface area (Å²) in [6, 6.07) is 72.4. The summed E-state index contributed by atoms with van der Waals surface area (Å²) in [5.41, 5.74) is 6.22. The van der Waals surface area contributed by atoms with E-state index >= 15 is 0 Å². The molecule has 0 bridgehead atoms. The van der Waals surface area contributed by atoms with E-state index in [1.54, 1.807) is 11.3 Å². The monoisotopic (exact) mass is 791 g/mol. The molecule has 2 aromatic heterocycles. The van der Waals surface area contributed by atoms with E-state index in [4.69, 9.17) is 15.0 Å². The molecule has 11 aromatic carbocycles. The van der Waals surface area contributed by atoms with Crippen molar-refractivity contribution in [3.05, 3.63) is 200 Å². The number of nitrogens with zero attached hydrogens (tertiary/aromatic N) is 3. The Kier molecular flexibility index (Phi) is 7.47. The van der Waals surface area contributed by atoms with Crippen LogP contribution in [0.4, 0.5) is 0 Å². The Morgan fingerprint density at radius 3 is 1.36 bits per heavy atom. The number of rotatable bonds is 5. The lowest BCUT2D eigenvalue weighted by Gasteiger charge is -2.17. The number of benzene rings is 10. The first-order valence-electron chi connectivity index (χ1n) is 20.7. The molecule has 0 atom stereocenters. The summed E-state index contributed by atoms with van der Waals surface area (Å²) >= 11 is 1.80. The van der Waals surface area contributed by atoms with E-state index < -0.39 is 0 Å². The van der Waals surface area contributed by atoms with Crippen molar-refractivity contribution < 1.29 is 0 Å². The van der Waals surface area contributed by atoms with Gasteiger partial charge in [-0.05, 0) is 123 Å². The second kappa shape index (κ2) is 13.4. The van der Waals surface area contributed by atoms with Crippen LogP contribution >= 0.6 is 11.3 Å². The van der Waals surface area contributed by atoms with Crippen molar-refractivity contribution >= 4 is 86.1 Å². The Morgan fingerprint density at radius 1 is 0.262 bits per heavy atom. The van der Waals surface area contributed by atoms with Crippen molar-refractivity contribution in [3.63, 3.8) is 0 Å². The Labute approximate surface area is 355 Å². The Bertz CT molecular complexity index is 3850. The molecule has 13 aromatic rings. The van der Waals surface area contributed by atoms with Gasteiger partial charge in [-0.2, -0.15) is 0 Å². The third kappa shape index (κ3) is 5.46. The zero-order valence-corrected chi connectivity index (χ0v) is 33.6. The van der Waals surface area contributed by atoms with Gasteiger partial charge >= 0.3 is 0 Å². The van der Waals surface area contributed by atoms with Crippen LogP contribution in [0.1, 0.15) is 0 Å². The average Bonchev–Trinajstić information content (AvgIpc) is 3.77. The maximum absolute atomic E-state index is 5.21. The first kappa shape index (κ1) is 34.1. The van der Waals surface area contributed by atoms with Crippen LogP contribution in [0, 0.1) is 0 Å². The van der Waals surface area contributed by atoms with Crippen molar-refractivity contribution in [1.29, 1.82) is 0 Å². The maximum atomic E-state index is 5.21. The summed E-state index contributed by atoms with van der Waals surface area (Å²) in [5.74, 6) is 1.92. The van der Waals surface area contributed by atoms with Crippen LogP contribution in [0.3, 0.4) is 0 Å². The molecule has 282 valence electrons. The minimum Gasteiger partial charge on any atom is -0.208 e. The van der Waals surface area contributed by atoms with Crippen LogP contribution in [0.5, 0.6) is 0 Å². The Morgan fingerprint density at radius 2 is 0.721 bits per heavy atom. The van der Waals surface area contributed by atoms with Gasteiger partial charge in [0.15, 0.2) is 17.5 Å². The molecule has 0 unspecified atom stereocenters. The normalized spacial score (nSPS) is 11.9. The van der Waals surface area contributed by atoms with Crippen molar-refractivity contribution in [2.45, 2.75) is 0 Å². The van der Waals surface area contributed by atoms with E-state index in [-0.39, 0.29) is 0 Å². The molecule has 13 rings (SSSR count). The molecule has 0 spiro atoms. The molecule has 0 amide bonds. The van der Waals surface area contributed by atoms with Gasteiger partial charge in [-0.25, -0.2) is 15.0 Å². The third-order valence-electron chi connectivity index (χ3n) is 12.4. The summed E-state index contributed by atoms with van der Waals surface area (Å²) in [6.07, 6.45) is 0. The molecule has 0 saturated carbocycles. The number of fused-ring (bicyclic) bond motifs is 3. The fourth-order valence-electron chi connectivity index (χ4n) is 9.57. The van der Waals surface area contributed by atoms with Gasteiger partial charge in [-0.3, -0.25) is 0 Å². The molecule has 0 aliphatic carbocycles. The van der Waals surface area contributed by atoms with Crippen molar-refractivity contribution in [2.24, 2.45) is 0 Å². The van der Waals surface area contributed by atoms with Gasteiger partial charge in [-0.15, -0.1) is 11.3 Å². The molecule has 4 heteroatoms. The van der Waals surface area contributed by atoms with E-state index in [9.17, 15) is 0 Å². The van der Waals surface area contributed by atoms with Gasteiger partial charge in [0.2, 0.25) is 0 Å². The number of aromatic nitrogens is 3. The Hall–Kier alpha value is -7.79. The van der Waals surface area contributed by atoms with E-state index in [1.807, 2.05) is 18.2 Å². The molecule has 2 heterocycles. The minimum absolute atomic E-state index is 0.636. The summed E-state index contributed by atoms with van der Waals surface area (Å²) in [5, 5.41) is 16.5. The van der Waals surface area contributed by atoms with E-state index in [0.29, 0.717) is 17.5 Å². The first-order valence-corrected chi connectivity index (χ1v) is 21.5. The molecule has 0 fully saturated rings. The third-order valence-corrected chi connectivity index (χ3v) is 13.5. The SMILES string of the molecule is c1ccc(-c2nc(-c3cccc(-c4cc5ccc6cccc7c8cccc9ccc%10cccc(c(c4)c5c67)c%10c98)c3)nc(-c3cccc(-c4cc5ccccc5s4)c3)n2)cc1. The van der Waals surface area contributed by atoms with Gasteiger partial charge < -0.3 is 0 Å². The molecule has 61 heavy (non-hydrogen) atoms. The highest BCUT2D eigenvalue weighted by molar-refractivity contribution is 7.22. The number of thiophene rings is 1. The zero-order chi connectivity index (χ0) is 40.0. The molecular formula is C57H33N3S. The molecule has 0 aliphatic heterocycles. The van der Waals surface area contributed by atoms with Gasteiger partial charge in [0.1, 0.15) is 0 Å². The van der Waals surface area contributed by atoms with Crippen LogP contribution in [0.2, 0.25) is 0 Å². The number of hydrogen-bond acceptors (Lipinski definition) is 4. The zero-order valence-electron chi connectivity index (χ0n) is 32.8. The Balaban J connectivity index is 1.02. The smallest absolute Gasteiger partial charge is 0.164 e. The van der Waals surface area contributed by atoms with Gasteiger partial charge in [0, 0.05) is 26.3 Å². The minimum atomic E-state index is 0.636. The highest BCUT2D eigenvalue weighted by atomic mass is 32.1. The highest BCUT2D eigenvalue weighted by Crippen LogP contribution is 2.45. The lowest BCUT2D eigenvalue weighted by molar-refractivity contribution is 1.07. The summed E-state index contributed by atoms with van der Waals surface area (Å²) in [4.78, 5) is 16.7. The van der Waals surface area contributed by atoms with Crippen molar-refractivity contribution in [3.8, 4) is 55.7 Å². The first-order chi connectivity index (χ1) is 30.2. The van der Waals surface area contributed by atoms with Crippen LogP contribution in [0.25, 0.3) is 130 Å². The average molecular weight is 792 g/mol. The maximum Gasteiger partial charge on any atom is 0.164 e. The van der Waals surface area contributed by atoms with Gasteiger partial charge in [0.05, 0.1) is 0 Å². The van der Waals surface area contributed by atoms with Crippen LogP contribution in [-0.4, -0.2) is 15.0 Å². The summed E-state index contributed by atoms with van der Waals surface area (Å²) in [7, 11) is 0. The molecule has 0 aliphatic rings. The molecule has 0 N–H and O–H groups in total. The van der Waals surface area contributed by atoms with Crippen LogP contribution < -0.4 is 0 Å². The van der Waals surface area contributed by atoms with Gasteiger partial charge in [0.25, 0.3) is 0 Å². The topological polar surface area (TPSA) is 38.7 Å². The van der Waals surface area contributed by atoms with E-state index in [0.717, 1.165) is 33.4 Å². The molecule has 3 nitrogen and oxygen atoms in total. The van der Waals surface area contributed by atoms with Crippen molar-refractivity contribution in [1.82, 2.24) is 15.0 Å². The standard InChI is InChI=1S/C57H33N3S/c1-2-11-37(12-3-1)55-58-56(60-57(59-55)43-20-7-18-39(30-43)50-33-40-13-4-5-24-49(40)61-50)42-19-6-17-38(29-42)44-31-41-28-27-36-15-9-22-46-45-21-8-14-34-25-26-35-16-10-23-47(53(35)51(34)45)48(32-44)54(41)52(36)46/h1-33H. The lowest BCUT2D eigenvalue weighted by Crippen LogP contribution is -2.00. The van der Waals surface area contributed by atoms with Gasteiger partial charge in [-0.1, -0.05) is 164 Å². The lowest BCUT2D eigenvalue weighted by atomic mass is 9.86. The molecule has 0 saturated heterocycles. The summed E-state index contributed by atoms with van der Waals surface area (Å²) in [6.45, 7) is 0. The highest BCUT2D eigenvalue weighted by Gasteiger charge is 2.18.